The van der Waals surface area contributed by atoms with Crippen molar-refractivity contribution in [1.29, 1.82) is 0 Å². The van der Waals surface area contributed by atoms with E-state index in [2.05, 4.69) is 17.6 Å². The smallest absolute Gasteiger partial charge is 0.317 e. The summed E-state index contributed by atoms with van der Waals surface area (Å²) < 4.78 is 0. The van der Waals surface area contributed by atoms with Crippen LogP contribution >= 0.6 is 0 Å². The topological polar surface area (TPSA) is 61.4 Å². The van der Waals surface area contributed by atoms with Gasteiger partial charge in [-0.2, -0.15) is 0 Å². The lowest BCUT2D eigenvalue weighted by Gasteiger charge is -2.32. The molecule has 3 aliphatic rings. The molecule has 0 spiro atoms. The minimum Gasteiger partial charge on any atom is -0.356 e. The second-order valence-electron chi connectivity index (χ2n) is 8.76. The van der Waals surface area contributed by atoms with E-state index in [-0.39, 0.29) is 17.9 Å². The summed E-state index contributed by atoms with van der Waals surface area (Å²) in [6.45, 7) is 4.53. The van der Waals surface area contributed by atoms with Crippen LogP contribution in [-0.2, 0) is 4.79 Å². The summed E-state index contributed by atoms with van der Waals surface area (Å²) in [4.78, 5) is 26.4. The van der Waals surface area contributed by atoms with Gasteiger partial charge in [-0.25, -0.2) is 4.79 Å². The van der Waals surface area contributed by atoms with Gasteiger partial charge in [0, 0.05) is 31.6 Å². The molecule has 5 nitrogen and oxygen atoms in total. The summed E-state index contributed by atoms with van der Waals surface area (Å²) in [5, 5.41) is 6.25. The summed E-state index contributed by atoms with van der Waals surface area (Å²) in [5.41, 5.74) is 0. The van der Waals surface area contributed by atoms with E-state index in [4.69, 9.17) is 0 Å². The molecule has 3 amide bonds. The molecule has 2 N–H and O–H groups in total. The van der Waals surface area contributed by atoms with Crippen molar-refractivity contribution in [3.05, 3.63) is 0 Å². The maximum Gasteiger partial charge on any atom is 0.317 e. The zero-order valence-corrected chi connectivity index (χ0v) is 16.5. The molecule has 0 aromatic heterocycles. The molecule has 26 heavy (non-hydrogen) atoms. The Morgan fingerprint density at radius 1 is 0.923 bits per heavy atom. The predicted octanol–water partition coefficient (Wildman–Crippen LogP) is 3.68. The summed E-state index contributed by atoms with van der Waals surface area (Å²) >= 11 is 0. The van der Waals surface area contributed by atoms with Crippen molar-refractivity contribution >= 4 is 11.9 Å². The Morgan fingerprint density at radius 2 is 1.58 bits per heavy atom. The van der Waals surface area contributed by atoms with Crippen LogP contribution in [0.15, 0.2) is 0 Å². The number of nitrogens with zero attached hydrogens (tertiary/aromatic N) is 1. The molecule has 2 saturated carbocycles. The molecule has 0 aromatic carbocycles. The lowest BCUT2D eigenvalue weighted by molar-refractivity contribution is -0.126. The van der Waals surface area contributed by atoms with E-state index in [1.807, 2.05) is 4.90 Å². The minimum atomic E-state index is 0.0613. The first-order chi connectivity index (χ1) is 12.7. The van der Waals surface area contributed by atoms with Crippen molar-refractivity contribution < 1.29 is 9.59 Å². The Bertz CT molecular complexity index is 462. The summed E-state index contributed by atoms with van der Waals surface area (Å²) in [7, 11) is 0. The van der Waals surface area contributed by atoms with E-state index >= 15 is 0 Å². The molecule has 0 atom stereocenters. The zero-order chi connectivity index (χ0) is 18.4. The first kappa shape index (κ1) is 19.5. The molecule has 1 heterocycles. The second kappa shape index (κ2) is 9.61. The van der Waals surface area contributed by atoms with Crippen LogP contribution in [0.5, 0.6) is 0 Å². The van der Waals surface area contributed by atoms with Gasteiger partial charge in [0.25, 0.3) is 0 Å². The Kier molecular flexibility index (Phi) is 7.21. The Hall–Kier alpha value is -1.26. The van der Waals surface area contributed by atoms with Crippen LogP contribution in [0, 0.1) is 17.8 Å². The normalized spacial score (nSPS) is 27.2. The number of unbranched alkanes of at least 4 members (excludes halogenated alkanes) is 1. The van der Waals surface area contributed by atoms with Crippen LogP contribution in [0.25, 0.3) is 0 Å². The van der Waals surface area contributed by atoms with E-state index in [1.165, 1.54) is 44.9 Å². The molecule has 0 bridgehead atoms. The van der Waals surface area contributed by atoms with Crippen LogP contribution in [0.1, 0.15) is 77.6 Å². The third-order valence-corrected chi connectivity index (χ3v) is 6.56. The minimum absolute atomic E-state index is 0.0613. The van der Waals surface area contributed by atoms with Crippen molar-refractivity contribution in [2.45, 2.75) is 83.6 Å². The average Bonchev–Trinajstić information content (AvgIpc) is 3.49. The van der Waals surface area contributed by atoms with Gasteiger partial charge in [-0.05, 0) is 50.4 Å². The molecule has 0 unspecified atom stereocenters. The van der Waals surface area contributed by atoms with Crippen LogP contribution in [0.3, 0.4) is 0 Å². The van der Waals surface area contributed by atoms with Crippen molar-refractivity contribution in [2.24, 2.45) is 17.8 Å². The van der Waals surface area contributed by atoms with Crippen LogP contribution in [-0.4, -0.2) is 42.5 Å². The fourth-order valence-corrected chi connectivity index (χ4v) is 4.44. The van der Waals surface area contributed by atoms with Crippen molar-refractivity contribution in [2.75, 3.05) is 19.6 Å². The van der Waals surface area contributed by atoms with Gasteiger partial charge in [-0.1, -0.05) is 39.0 Å². The van der Waals surface area contributed by atoms with Gasteiger partial charge in [0.2, 0.25) is 5.91 Å². The molecule has 0 radical (unpaired) electrons. The average molecular weight is 364 g/mol. The van der Waals surface area contributed by atoms with Gasteiger partial charge in [0.15, 0.2) is 0 Å². The molecular formula is C21H37N3O2. The number of rotatable bonds is 7. The first-order valence-corrected chi connectivity index (χ1v) is 11.0. The number of amides is 3. The lowest BCUT2D eigenvalue weighted by Crippen LogP contribution is -2.47. The number of urea groups is 1. The van der Waals surface area contributed by atoms with Crippen LogP contribution < -0.4 is 10.6 Å². The van der Waals surface area contributed by atoms with Gasteiger partial charge >= 0.3 is 6.03 Å². The first-order valence-electron chi connectivity index (χ1n) is 11.0. The van der Waals surface area contributed by atoms with Crippen molar-refractivity contribution in [3.63, 3.8) is 0 Å². The third-order valence-electron chi connectivity index (χ3n) is 6.56. The number of hydrogen-bond donors (Lipinski definition) is 2. The van der Waals surface area contributed by atoms with Crippen LogP contribution in [0.2, 0.25) is 0 Å². The molecule has 3 fully saturated rings. The lowest BCUT2D eigenvalue weighted by atomic mass is 9.80. The van der Waals surface area contributed by atoms with Gasteiger partial charge < -0.3 is 15.5 Å². The van der Waals surface area contributed by atoms with Crippen molar-refractivity contribution in [3.8, 4) is 0 Å². The highest BCUT2D eigenvalue weighted by atomic mass is 16.2. The van der Waals surface area contributed by atoms with Crippen molar-refractivity contribution in [1.82, 2.24) is 15.5 Å². The molecule has 1 aliphatic heterocycles. The predicted molar refractivity (Wildman–Crippen MR) is 104 cm³/mol. The molecule has 2 aliphatic carbocycles. The standard InChI is InChI=1S/C21H37N3O2/c1-2-3-4-16-5-7-17(8-6-16)15-22-20(25)18-11-13-24(14-12-18)21(26)23-19-9-10-19/h16-19H,2-15H2,1H3,(H,22,25)(H,23,26). The summed E-state index contributed by atoms with van der Waals surface area (Å²) in [5.74, 6) is 1.88. The number of carbonyl (C=O) groups excluding carboxylic acids is 2. The maximum atomic E-state index is 12.5. The SMILES string of the molecule is CCCCC1CCC(CNC(=O)C2CCN(C(=O)NC3CC3)CC2)CC1. The zero-order valence-electron chi connectivity index (χ0n) is 16.5. The summed E-state index contributed by atoms with van der Waals surface area (Å²) in [6, 6.07) is 0.465. The van der Waals surface area contributed by atoms with E-state index in [0.29, 0.717) is 25.0 Å². The van der Waals surface area contributed by atoms with E-state index in [0.717, 1.165) is 38.1 Å². The highest BCUT2D eigenvalue weighted by Crippen LogP contribution is 2.31. The number of nitrogens with one attached hydrogen (secondary N) is 2. The van der Waals surface area contributed by atoms with E-state index in [9.17, 15) is 9.59 Å². The largest absolute Gasteiger partial charge is 0.356 e. The Labute approximate surface area is 158 Å². The maximum absolute atomic E-state index is 12.5. The molecule has 1 saturated heterocycles. The van der Waals surface area contributed by atoms with Gasteiger partial charge in [0.1, 0.15) is 0 Å². The number of hydrogen-bond acceptors (Lipinski definition) is 2. The van der Waals surface area contributed by atoms with E-state index < -0.39 is 0 Å². The number of likely N-dealkylation sites (tertiary alicyclic amines) is 1. The number of carbonyl (C=O) groups is 2. The highest BCUT2D eigenvalue weighted by Gasteiger charge is 2.30. The molecule has 3 rings (SSSR count). The van der Waals surface area contributed by atoms with Gasteiger partial charge in [0.05, 0.1) is 0 Å². The quantitative estimate of drug-likeness (QED) is 0.725. The Morgan fingerprint density at radius 3 is 2.19 bits per heavy atom. The van der Waals surface area contributed by atoms with Gasteiger partial charge in [-0.3, -0.25) is 4.79 Å². The molecule has 0 aromatic rings. The fourth-order valence-electron chi connectivity index (χ4n) is 4.44. The molecular weight excluding hydrogens is 326 g/mol. The third kappa shape index (κ3) is 5.88. The molecule has 148 valence electrons. The second-order valence-corrected chi connectivity index (χ2v) is 8.76. The summed E-state index contributed by atoms with van der Waals surface area (Å²) in [6.07, 6.45) is 13.1. The fraction of sp³-hybridized carbons (Fsp3) is 0.905. The monoisotopic (exact) mass is 363 g/mol. The van der Waals surface area contributed by atoms with Crippen LogP contribution in [0.4, 0.5) is 4.79 Å². The van der Waals surface area contributed by atoms with E-state index in [1.54, 1.807) is 0 Å². The molecule has 5 heteroatoms. The Balaban J connectivity index is 1.29. The highest BCUT2D eigenvalue weighted by molar-refractivity contribution is 5.79. The van der Waals surface area contributed by atoms with Gasteiger partial charge in [-0.15, -0.1) is 0 Å². The number of piperidine rings is 1.